The minimum Gasteiger partial charge on any atom is -0.291 e. The molecule has 0 atom stereocenters. The van der Waals surface area contributed by atoms with Gasteiger partial charge in [-0.05, 0) is 24.3 Å². The van der Waals surface area contributed by atoms with Gasteiger partial charge >= 0.3 is 5.69 Å². The average Bonchev–Trinajstić information content (AvgIpc) is 2.46. The van der Waals surface area contributed by atoms with Crippen LogP contribution in [0.25, 0.3) is 22.3 Å². The molecular weight excluding hydrogens is 256 g/mol. The highest BCUT2D eigenvalue weighted by molar-refractivity contribution is 5.77. The fourth-order valence-electron chi connectivity index (χ4n) is 1.96. The van der Waals surface area contributed by atoms with Gasteiger partial charge < -0.3 is 0 Å². The summed E-state index contributed by atoms with van der Waals surface area (Å²) in [6.45, 7) is 0. The van der Waals surface area contributed by atoms with Gasteiger partial charge in [0, 0.05) is 5.56 Å². The van der Waals surface area contributed by atoms with Crippen molar-refractivity contribution < 1.29 is 0 Å². The predicted molar refractivity (Wildman–Crippen MR) is 73.1 cm³/mol. The standard InChI is InChI=1S/C14H8N4O2/c15-7-8-2-1-3-9(6-8)11-5-4-10-12(16-11)17-14(20)18-13(10)19/h1-6H,(H2,16,17,18,19,20). The molecule has 1 aromatic carbocycles. The molecule has 0 aliphatic heterocycles. The summed E-state index contributed by atoms with van der Waals surface area (Å²) in [4.78, 5) is 31.7. The lowest BCUT2D eigenvalue weighted by molar-refractivity contribution is 1.06. The van der Waals surface area contributed by atoms with Crippen LogP contribution in [0.3, 0.4) is 0 Å². The van der Waals surface area contributed by atoms with Gasteiger partial charge in [0.05, 0.1) is 22.7 Å². The second kappa shape index (κ2) is 4.48. The lowest BCUT2D eigenvalue weighted by Crippen LogP contribution is -2.22. The summed E-state index contributed by atoms with van der Waals surface area (Å²) in [5.74, 6) is 0. The third-order valence-electron chi connectivity index (χ3n) is 2.89. The van der Waals surface area contributed by atoms with Gasteiger partial charge in [-0.25, -0.2) is 9.78 Å². The Labute approximate surface area is 112 Å². The van der Waals surface area contributed by atoms with Crippen molar-refractivity contribution in [3.63, 3.8) is 0 Å². The molecule has 3 aromatic rings. The molecule has 3 rings (SSSR count). The van der Waals surface area contributed by atoms with Crippen molar-refractivity contribution in [3.8, 4) is 17.3 Å². The van der Waals surface area contributed by atoms with E-state index in [0.29, 0.717) is 16.6 Å². The molecule has 0 amide bonds. The Balaban J connectivity index is 2.25. The first-order valence-corrected chi connectivity index (χ1v) is 5.81. The number of rotatable bonds is 1. The minimum atomic E-state index is -0.599. The number of nitrogens with zero attached hydrogens (tertiary/aromatic N) is 2. The smallest absolute Gasteiger partial charge is 0.291 e. The van der Waals surface area contributed by atoms with Crippen molar-refractivity contribution in [3.05, 3.63) is 62.8 Å². The van der Waals surface area contributed by atoms with E-state index in [-0.39, 0.29) is 5.65 Å². The van der Waals surface area contributed by atoms with Crippen molar-refractivity contribution in [2.45, 2.75) is 0 Å². The third kappa shape index (κ3) is 1.97. The number of hydrogen-bond donors (Lipinski definition) is 2. The molecule has 0 saturated heterocycles. The van der Waals surface area contributed by atoms with E-state index in [2.05, 4.69) is 21.0 Å². The van der Waals surface area contributed by atoms with Gasteiger partial charge in [0.2, 0.25) is 0 Å². The Morgan fingerprint density at radius 1 is 1.10 bits per heavy atom. The van der Waals surface area contributed by atoms with Crippen LogP contribution in [0.1, 0.15) is 5.56 Å². The van der Waals surface area contributed by atoms with Crippen LogP contribution in [0.5, 0.6) is 0 Å². The fraction of sp³-hybridized carbons (Fsp3) is 0. The first-order chi connectivity index (χ1) is 9.67. The number of nitriles is 1. The van der Waals surface area contributed by atoms with Gasteiger partial charge in [-0.3, -0.25) is 14.8 Å². The molecule has 96 valence electrons. The van der Waals surface area contributed by atoms with Gasteiger partial charge in [-0.2, -0.15) is 5.26 Å². The van der Waals surface area contributed by atoms with Crippen molar-refractivity contribution >= 4 is 11.0 Å². The zero-order chi connectivity index (χ0) is 14.1. The van der Waals surface area contributed by atoms with Crippen LogP contribution < -0.4 is 11.2 Å². The number of benzene rings is 1. The fourth-order valence-corrected chi connectivity index (χ4v) is 1.96. The Morgan fingerprint density at radius 2 is 1.95 bits per heavy atom. The average molecular weight is 264 g/mol. The van der Waals surface area contributed by atoms with Crippen molar-refractivity contribution in [2.75, 3.05) is 0 Å². The summed E-state index contributed by atoms with van der Waals surface area (Å²) in [6, 6.07) is 12.3. The molecule has 0 unspecified atom stereocenters. The Hall–Kier alpha value is -3.20. The number of fused-ring (bicyclic) bond motifs is 1. The topological polar surface area (TPSA) is 102 Å². The number of H-pyrrole nitrogens is 2. The van der Waals surface area contributed by atoms with E-state index in [1.807, 2.05) is 0 Å². The Kier molecular flexibility index (Phi) is 2.66. The summed E-state index contributed by atoms with van der Waals surface area (Å²) in [6.07, 6.45) is 0. The van der Waals surface area contributed by atoms with Gasteiger partial charge in [-0.1, -0.05) is 12.1 Å². The summed E-state index contributed by atoms with van der Waals surface area (Å²) >= 11 is 0. The van der Waals surface area contributed by atoms with Gasteiger partial charge in [0.25, 0.3) is 5.56 Å². The lowest BCUT2D eigenvalue weighted by Gasteiger charge is -2.02. The molecule has 0 saturated carbocycles. The largest absolute Gasteiger partial charge is 0.327 e. The lowest BCUT2D eigenvalue weighted by atomic mass is 10.1. The van der Waals surface area contributed by atoms with E-state index in [4.69, 9.17) is 5.26 Å². The second-order valence-corrected chi connectivity index (χ2v) is 4.19. The maximum absolute atomic E-state index is 11.6. The first-order valence-electron chi connectivity index (χ1n) is 5.81. The van der Waals surface area contributed by atoms with Gasteiger partial charge in [-0.15, -0.1) is 0 Å². The molecule has 2 N–H and O–H groups in total. The number of aromatic nitrogens is 3. The van der Waals surface area contributed by atoms with Crippen LogP contribution in [0.2, 0.25) is 0 Å². The van der Waals surface area contributed by atoms with Crippen LogP contribution in [-0.2, 0) is 0 Å². The van der Waals surface area contributed by atoms with Crippen LogP contribution in [0.4, 0.5) is 0 Å². The molecule has 2 heterocycles. The summed E-state index contributed by atoms with van der Waals surface area (Å²) in [5, 5.41) is 9.20. The van der Waals surface area contributed by atoms with E-state index in [1.165, 1.54) is 0 Å². The monoisotopic (exact) mass is 264 g/mol. The molecule has 20 heavy (non-hydrogen) atoms. The molecule has 0 aliphatic rings. The molecule has 6 nitrogen and oxygen atoms in total. The first kappa shape index (κ1) is 11.9. The van der Waals surface area contributed by atoms with Crippen LogP contribution >= 0.6 is 0 Å². The van der Waals surface area contributed by atoms with E-state index < -0.39 is 11.2 Å². The zero-order valence-corrected chi connectivity index (χ0v) is 10.2. The number of nitrogens with one attached hydrogen (secondary N) is 2. The highest BCUT2D eigenvalue weighted by atomic mass is 16.2. The summed E-state index contributed by atoms with van der Waals surface area (Å²) in [5.41, 5.74) is 0.983. The highest BCUT2D eigenvalue weighted by Gasteiger charge is 2.05. The van der Waals surface area contributed by atoms with Crippen LogP contribution in [-0.4, -0.2) is 15.0 Å². The second-order valence-electron chi connectivity index (χ2n) is 4.19. The third-order valence-corrected chi connectivity index (χ3v) is 2.89. The van der Waals surface area contributed by atoms with Gasteiger partial charge in [0.15, 0.2) is 0 Å². The Bertz CT molecular complexity index is 963. The summed E-state index contributed by atoms with van der Waals surface area (Å²) in [7, 11) is 0. The molecule has 6 heteroatoms. The molecule has 0 spiro atoms. The Morgan fingerprint density at radius 3 is 2.75 bits per heavy atom. The van der Waals surface area contributed by atoms with Crippen molar-refractivity contribution in [2.24, 2.45) is 0 Å². The molecule has 0 bridgehead atoms. The van der Waals surface area contributed by atoms with E-state index in [9.17, 15) is 9.59 Å². The number of hydrogen-bond acceptors (Lipinski definition) is 4. The molecule has 0 radical (unpaired) electrons. The van der Waals surface area contributed by atoms with Crippen molar-refractivity contribution in [1.82, 2.24) is 15.0 Å². The summed E-state index contributed by atoms with van der Waals surface area (Å²) < 4.78 is 0. The zero-order valence-electron chi connectivity index (χ0n) is 10.2. The van der Waals surface area contributed by atoms with E-state index in [1.54, 1.807) is 36.4 Å². The van der Waals surface area contributed by atoms with E-state index in [0.717, 1.165) is 5.56 Å². The van der Waals surface area contributed by atoms with Crippen LogP contribution in [0, 0.1) is 11.3 Å². The number of pyridine rings is 1. The van der Waals surface area contributed by atoms with E-state index >= 15 is 0 Å². The SMILES string of the molecule is N#Cc1cccc(-c2ccc3c(=O)[nH]c(=O)[nH]c3n2)c1. The maximum Gasteiger partial charge on any atom is 0.327 e. The molecular formula is C14H8N4O2. The normalized spacial score (nSPS) is 10.3. The number of aromatic amines is 2. The highest BCUT2D eigenvalue weighted by Crippen LogP contribution is 2.19. The molecule has 0 aliphatic carbocycles. The maximum atomic E-state index is 11.6. The quantitative estimate of drug-likeness (QED) is 0.688. The van der Waals surface area contributed by atoms with Crippen molar-refractivity contribution in [1.29, 1.82) is 5.26 Å². The van der Waals surface area contributed by atoms with Gasteiger partial charge in [0.1, 0.15) is 5.65 Å². The minimum absolute atomic E-state index is 0.221. The molecule has 2 aromatic heterocycles. The molecule has 0 fully saturated rings. The predicted octanol–water partition coefficient (Wildman–Crippen LogP) is 1.15. The van der Waals surface area contributed by atoms with Crippen LogP contribution in [0.15, 0.2) is 46.0 Å².